The summed E-state index contributed by atoms with van der Waals surface area (Å²) in [6.45, 7) is 2.34. The molecule has 8 nitrogen and oxygen atoms in total. The lowest BCUT2D eigenvalue weighted by Crippen LogP contribution is -2.39. The SMILES string of the molecule is COc1ccc2c(c1)[C@](O)([C@@H](C)/C=C/CCn1cc(C(CO)c3ccccc3)nn1)C(=O)N2. The van der Waals surface area contributed by atoms with E-state index >= 15 is 0 Å². The molecular weight excluding hydrogens is 420 g/mol. The Morgan fingerprint density at radius 3 is 2.76 bits per heavy atom. The van der Waals surface area contributed by atoms with Gasteiger partial charge in [0, 0.05) is 29.9 Å². The van der Waals surface area contributed by atoms with E-state index < -0.39 is 17.4 Å². The van der Waals surface area contributed by atoms with Crippen LogP contribution in [0.4, 0.5) is 5.69 Å². The summed E-state index contributed by atoms with van der Waals surface area (Å²) in [6.07, 6.45) is 6.25. The average Bonchev–Trinajstić information content (AvgIpc) is 3.40. The van der Waals surface area contributed by atoms with Gasteiger partial charge in [-0.15, -0.1) is 5.10 Å². The Bertz CT molecular complexity index is 1140. The Morgan fingerprint density at radius 2 is 2.03 bits per heavy atom. The first-order chi connectivity index (χ1) is 16.0. The fourth-order valence-electron chi connectivity index (χ4n) is 4.15. The molecule has 1 unspecified atom stereocenters. The highest BCUT2D eigenvalue weighted by atomic mass is 16.5. The highest BCUT2D eigenvalue weighted by Gasteiger charge is 2.48. The molecule has 0 saturated heterocycles. The molecule has 0 bridgehead atoms. The van der Waals surface area contributed by atoms with Gasteiger partial charge in [-0.25, -0.2) is 0 Å². The number of aryl methyl sites for hydroxylation is 1. The maximum absolute atomic E-state index is 12.6. The minimum absolute atomic E-state index is 0.0486. The van der Waals surface area contributed by atoms with Crippen molar-refractivity contribution in [1.82, 2.24) is 15.0 Å². The molecule has 4 rings (SSSR count). The summed E-state index contributed by atoms with van der Waals surface area (Å²) in [7, 11) is 1.55. The van der Waals surface area contributed by atoms with Gasteiger partial charge in [0.25, 0.3) is 5.91 Å². The summed E-state index contributed by atoms with van der Waals surface area (Å²) in [5.74, 6) is -0.532. The quantitative estimate of drug-likeness (QED) is 0.434. The highest BCUT2D eigenvalue weighted by molar-refractivity contribution is 6.05. The number of hydrogen-bond acceptors (Lipinski definition) is 6. The topological polar surface area (TPSA) is 110 Å². The van der Waals surface area contributed by atoms with Crippen LogP contribution in [0.15, 0.2) is 66.9 Å². The van der Waals surface area contributed by atoms with Crippen molar-refractivity contribution < 1.29 is 19.7 Å². The van der Waals surface area contributed by atoms with Crippen molar-refractivity contribution in [2.24, 2.45) is 5.92 Å². The zero-order chi connectivity index (χ0) is 23.4. The number of benzene rings is 2. The molecule has 172 valence electrons. The van der Waals surface area contributed by atoms with E-state index in [9.17, 15) is 15.0 Å². The standard InChI is InChI=1S/C25H28N4O4/c1-17(25(32)21-14-19(33-2)11-12-22(21)26-24(25)31)8-6-7-13-29-15-23(27-28-29)20(16-30)18-9-4-3-5-10-18/h3-6,8-12,14-15,17,20,30,32H,7,13,16H2,1-2H3,(H,26,31)/b8-6+/t17-,20?,25+/m0/s1. The molecule has 33 heavy (non-hydrogen) atoms. The van der Waals surface area contributed by atoms with E-state index in [1.54, 1.807) is 30.0 Å². The summed E-state index contributed by atoms with van der Waals surface area (Å²) < 4.78 is 6.98. The van der Waals surface area contributed by atoms with Crippen molar-refractivity contribution in [2.45, 2.75) is 31.4 Å². The van der Waals surface area contributed by atoms with Crippen molar-refractivity contribution in [3.8, 4) is 5.75 Å². The Labute approximate surface area is 192 Å². The molecule has 2 aromatic carbocycles. The number of amides is 1. The number of fused-ring (bicyclic) bond motifs is 1. The van der Waals surface area contributed by atoms with Crippen LogP contribution in [0, 0.1) is 5.92 Å². The fourth-order valence-corrected chi connectivity index (χ4v) is 4.15. The van der Waals surface area contributed by atoms with E-state index in [0.29, 0.717) is 35.7 Å². The molecule has 0 spiro atoms. The number of allylic oxidation sites excluding steroid dienone is 1. The highest BCUT2D eigenvalue weighted by Crippen LogP contribution is 2.43. The number of aromatic nitrogens is 3. The molecule has 2 heterocycles. The van der Waals surface area contributed by atoms with Crippen LogP contribution >= 0.6 is 0 Å². The predicted molar refractivity (Wildman–Crippen MR) is 124 cm³/mol. The molecular formula is C25H28N4O4. The van der Waals surface area contributed by atoms with Gasteiger partial charge < -0.3 is 20.3 Å². The number of anilines is 1. The van der Waals surface area contributed by atoms with E-state index in [2.05, 4.69) is 15.6 Å². The van der Waals surface area contributed by atoms with Crippen LogP contribution in [0.25, 0.3) is 0 Å². The number of ether oxygens (including phenoxy) is 1. The van der Waals surface area contributed by atoms with E-state index in [4.69, 9.17) is 4.74 Å². The Kier molecular flexibility index (Phi) is 6.57. The monoisotopic (exact) mass is 448 g/mol. The van der Waals surface area contributed by atoms with Crippen molar-refractivity contribution in [1.29, 1.82) is 0 Å². The number of rotatable bonds is 9. The number of aliphatic hydroxyl groups excluding tert-OH is 1. The molecule has 0 saturated carbocycles. The molecule has 0 fully saturated rings. The molecule has 3 atom stereocenters. The number of hydrogen-bond donors (Lipinski definition) is 3. The summed E-state index contributed by atoms with van der Waals surface area (Å²) in [5.41, 5.74) is 1.14. The van der Waals surface area contributed by atoms with Crippen LogP contribution in [-0.4, -0.2) is 44.8 Å². The van der Waals surface area contributed by atoms with Crippen molar-refractivity contribution in [3.63, 3.8) is 0 Å². The smallest absolute Gasteiger partial charge is 0.261 e. The van der Waals surface area contributed by atoms with Crippen LogP contribution in [0.2, 0.25) is 0 Å². The van der Waals surface area contributed by atoms with Crippen LogP contribution in [-0.2, 0) is 16.9 Å². The number of nitrogens with zero attached hydrogens (tertiary/aromatic N) is 3. The van der Waals surface area contributed by atoms with Gasteiger partial charge >= 0.3 is 0 Å². The average molecular weight is 449 g/mol. The summed E-state index contributed by atoms with van der Waals surface area (Å²) in [4.78, 5) is 12.6. The van der Waals surface area contributed by atoms with Gasteiger partial charge in [0.1, 0.15) is 5.75 Å². The van der Waals surface area contributed by atoms with Crippen molar-refractivity contribution in [2.75, 3.05) is 19.0 Å². The lowest BCUT2D eigenvalue weighted by atomic mass is 9.83. The van der Waals surface area contributed by atoms with E-state index in [-0.39, 0.29) is 12.5 Å². The van der Waals surface area contributed by atoms with Crippen LogP contribution in [0.5, 0.6) is 5.75 Å². The first kappa shape index (κ1) is 22.7. The first-order valence-electron chi connectivity index (χ1n) is 10.9. The maximum Gasteiger partial charge on any atom is 0.261 e. The number of carbonyl (C=O) groups excluding carboxylic acids is 1. The van der Waals surface area contributed by atoms with Gasteiger partial charge in [-0.1, -0.05) is 54.6 Å². The third-order valence-electron chi connectivity index (χ3n) is 6.14. The Morgan fingerprint density at radius 1 is 1.24 bits per heavy atom. The van der Waals surface area contributed by atoms with Gasteiger partial charge in [0.15, 0.2) is 5.60 Å². The van der Waals surface area contributed by atoms with Crippen molar-refractivity contribution in [3.05, 3.63) is 83.7 Å². The van der Waals surface area contributed by atoms with Crippen LogP contribution < -0.4 is 10.1 Å². The summed E-state index contributed by atoms with van der Waals surface area (Å²) in [5, 5.41) is 32.2. The van der Waals surface area contributed by atoms with E-state index in [1.807, 2.05) is 55.6 Å². The second-order valence-electron chi connectivity index (χ2n) is 8.19. The molecule has 3 aromatic rings. The normalized spacial score (nSPS) is 19.3. The molecule has 0 radical (unpaired) electrons. The van der Waals surface area contributed by atoms with E-state index in [0.717, 1.165) is 5.56 Å². The largest absolute Gasteiger partial charge is 0.497 e. The number of methoxy groups -OCH3 is 1. The lowest BCUT2D eigenvalue weighted by molar-refractivity contribution is -0.137. The first-order valence-corrected chi connectivity index (χ1v) is 10.9. The Balaban J connectivity index is 1.40. The molecule has 1 amide bonds. The minimum atomic E-state index is -1.66. The minimum Gasteiger partial charge on any atom is -0.497 e. The number of carbonyl (C=O) groups is 1. The summed E-state index contributed by atoms with van der Waals surface area (Å²) in [6, 6.07) is 14.9. The van der Waals surface area contributed by atoms with Gasteiger partial charge in [-0.05, 0) is 30.2 Å². The van der Waals surface area contributed by atoms with E-state index in [1.165, 1.54) is 0 Å². The van der Waals surface area contributed by atoms with Crippen LogP contribution in [0.1, 0.15) is 36.1 Å². The molecule has 3 N–H and O–H groups in total. The Hall–Kier alpha value is -3.49. The molecule has 1 aromatic heterocycles. The van der Waals surface area contributed by atoms with Gasteiger partial charge in [-0.3, -0.25) is 9.48 Å². The fraction of sp³-hybridized carbons (Fsp3) is 0.320. The lowest BCUT2D eigenvalue weighted by Gasteiger charge is -2.26. The number of nitrogens with one attached hydrogen (secondary N) is 1. The zero-order valence-corrected chi connectivity index (χ0v) is 18.7. The molecule has 1 aliphatic rings. The van der Waals surface area contributed by atoms with Gasteiger partial charge in [0.2, 0.25) is 0 Å². The van der Waals surface area contributed by atoms with Gasteiger partial charge in [-0.2, -0.15) is 0 Å². The number of aliphatic hydroxyl groups is 2. The summed E-state index contributed by atoms with van der Waals surface area (Å²) >= 11 is 0. The second-order valence-corrected chi connectivity index (χ2v) is 8.19. The zero-order valence-electron chi connectivity index (χ0n) is 18.7. The maximum atomic E-state index is 12.6. The molecule has 8 heteroatoms. The predicted octanol–water partition coefficient (Wildman–Crippen LogP) is 2.83. The second kappa shape index (κ2) is 9.56. The third kappa shape index (κ3) is 4.40. The third-order valence-corrected chi connectivity index (χ3v) is 6.14. The molecule has 0 aliphatic carbocycles. The van der Waals surface area contributed by atoms with Crippen molar-refractivity contribution >= 4 is 11.6 Å². The van der Waals surface area contributed by atoms with Crippen LogP contribution in [0.3, 0.4) is 0 Å². The molecule has 1 aliphatic heterocycles. The van der Waals surface area contributed by atoms with Gasteiger partial charge in [0.05, 0.1) is 25.3 Å².